The van der Waals surface area contributed by atoms with E-state index in [4.69, 9.17) is 5.73 Å². The zero-order chi connectivity index (χ0) is 10.0. The van der Waals surface area contributed by atoms with Gasteiger partial charge in [-0.25, -0.2) is 0 Å². The van der Waals surface area contributed by atoms with Crippen LogP contribution in [0.1, 0.15) is 27.2 Å². The van der Waals surface area contributed by atoms with Crippen molar-refractivity contribution in [3.05, 3.63) is 0 Å². The molecule has 0 aromatic heterocycles. The van der Waals surface area contributed by atoms with Gasteiger partial charge in [0.2, 0.25) is 5.91 Å². The predicted octanol–water partition coefficient (Wildman–Crippen LogP) is 0.838. The Morgan fingerprint density at radius 3 is 2.23 bits per heavy atom. The van der Waals surface area contributed by atoms with Gasteiger partial charge in [-0.05, 0) is 25.2 Å². The number of piperidine rings is 1. The summed E-state index contributed by atoms with van der Waals surface area (Å²) in [5.74, 6) is 1.33. The topological polar surface area (TPSA) is 46.3 Å². The molecule has 2 N–H and O–H groups in total. The normalized spacial score (nSPS) is 31.5. The molecule has 0 aromatic carbocycles. The summed E-state index contributed by atoms with van der Waals surface area (Å²) in [5, 5.41) is 0. The first-order valence-corrected chi connectivity index (χ1v) is 5.05. The average molecular weight is 184 g/mol. The number of hydrogen-bond donors (Lipinski definition) is 1. The lowest BCUT2D eigenvalue weighted by atomic mass is 9.91. The maximum atomic E-state index is 11.6. The van der Waals surface area contributed by atoms with Crippen molar-refractivity contribution in [1.29, 1.82) is 0 Å². The first-order valence-electron chi connectivity index (χ1n) is 5.05. The molecule has 0 spiro atoms. The Hall–Kier alpha value is -0.570. The molecule has 0 aromatic rings. The molecular formula is C10H20N2O. The Labute approximate surface area is 80.3 Å². The standard InChI is InChI=1S/C10H20N2O/c1-7-4-8(2)6-12(5-7)10(13)9(3)11/h7-9H,4-6,11H2,1-3H3/t7?,8?,9-/m1/s1. The Morgan fingerprint density at radius 2 is 1.85 bits per heavy atom. The third-order valence-corrected chi connectivity index (χ3v) is 2.57. The van der Waals surface area contributed by atoms with Crippen molar-refractivity contribution < 1.29 is 4.79 Å². The largest absolute Gasteiger partial charge is 0.341 e. The Bertz CT molecular complexity index is 181. The van der Waals surface area contributed by atoms with Crippen LogP contribution >= 0.6 is 0 Å². The van der Waals surface area contributed by atoms with Gasteiger partial charge < -0.3 is 10.6 Å². The number of hydrogen-bond acceptors (Lipinski definition) is 2. The molecule has 1 fully saturated rings. The van der Waals surface area contributed by atoms with Gasteiger partial charge in [0, 0.05) is 13.1 Å². The van der Waals surface area contributed by atoms with Crippen LogP contribution in [0, 0.1) is 11.8 Å². The summed E-state index contributed by atoms with van der Waals surface area (Å²) in [5.41, 5.74) is 5.57. The van der Waals surface area contributed by atoms with E-state index in [0.29, 0.717) is 11.8 Å². The maximum absolute atomic E-state index is 11.6. The lowest BCUT2D eigenvalue weighted by molar-refractivity contribution is -0.134. The van der Waals surface area contributed by atoms with Gasteiger partial charge in [0.25, 0.3) is 0 Å². The minimum absolute atomic E-state index is 0.0957. The van der Waals surface area contributed by atoms with Crippen molar-refractivity contribution in [2.45, 2.75) is 33.2 Å². The Balaban J connectivity index is 2.55. The van der Waals surface area contributed by atoms with Crippen LogP contribution in [-0.2, 0) is 4.79 Å². The van der Waals surface area contributed by atoms with Crippen molar-refractivity contribution in [2.75, 3.05) is 13.1 Å². The zero-order valence-corrected chi connectivity index (χ0v) is 8.79. The lowest BCUT2D eigenvalue weighted by Gasteiger charge is -2.35. The molecule has 1 amide bonds. The minimum atomic E-state index is -0.350. The number of likely N-dealkylation sites (tertiary alicyclic amines) is 1. The van der Waals surface area contributed by atoms with Crippen molar-refractivity contribution in [3.8, 4) is 0 Å². The van der Waals surface area contributed by atoms with Crippen LogP contribution in [0.25, 0.3) is 0 Å². The second-order valence-corrected chi connectivity index (χ2v) is 4.48. The average Bonchev–Trinajstić information content (AvgIpc) is 2.01. The molecule has 1 heterocycles. The minimum Gasteiger partial charge on any atom is -0.341 e. The van der Waals surface area contributed by atoms with E-state index in [2.05, 4.69) is 13.8 Å². The Morgan fingerprint density at radius 1 is 1.38 bits per heavy atom. The monoisotopic (exact) mass is 184 g/mol. The molecule has 1 aliphatic heterocycles. The molecule has 3 heteroatoms. The maximum Gasteiger partial charge on any atom is 0.239 e. The van der Waals surface area contributed by atoms with Crippen molar-refractivity contribution in [1.82, 2.24) is 4.90 Å². The Kier molecular flexibility index (Phi) is 3.31. The van der Waals surface area contributed by atoms with Crippen LogP contribution in [0.3, 0.4) is 0 Å². The van der Waals surface area contributed by atoms with Gasteiger partial charge >= 0.3 is 0 Å². The molecule has 0 radical (unpaired) electrons. The fourth-order valence-corrected chi connectivity index (χ4v) is 2.13. The van der Waals surface area contributed by atoms with Gasteiger partial charge in [-0.15, -0.1) is 0 Å². The third-order valence-electron chi connectivity index (χ3n) is 2.57. The first-order chi connectivity index (χ1) is 6.00. The van der Waals surface area contributed by atoms with E-state index in [-0.39, 0.29) is 11.9 Å². The van der Waals surface area contributed by atoms with Crippen LogP contribution in [0.4, 0.5) is 0 Å². The van der Waals surface area contributed by atoms with Gasteiger partial charge in [-0.3, -0.25) is 4.79 Å². The molecule has 1 aliphatic rings. The van der Waals surface area contributed by atoms with E-state index >= 15 is 0 Å². The van der Waals surface area contributed by atoms with Crippen LogP contribution in [0.2, 0.25) is 0 Å². The first kappa shape index (κ1) is 10.5. The van der Waals surface area contributed by atoms with Crippen molar-refractivity contribution >= 4 is 5.91 Å². The highest BCUT2D eigenvalue weighted by Gasteiger charge is 2.26. The van der Waals surface area contributed by atoms with Crippen molar-refractivity contribution in [2.24, 2.45) is 17.6 Å². The third kappa shape index (κ3) is 2.69. The fraction of sp³-hybridized carbons (Fsp3) is 0.900. The second kappa shape index (κ2) is 4.09. The van der Waals surface area contributed by atoms with Gasteiger partial charge in [0.15, 0.2) is 0 Å². The van der Waals surface area contributed by atoms with Crippen molar-refractivity contribution in [3.63, 3.8) is 0 Å². The highest BCUT2D eigenvalue weighted by molar-refractivity contribution is 5.81. The van der Waals surface area contributed by atoms with E-state index in [1.165, 1.54) is 6.42 Å². The van der Waals surface area contributed by atoms with Crippen LogP contribution in [0.15, 0.2) is 0 Å². The molecule has 13 heavy (non-hydrogen) atoms. The van der Waals surface area contributed by atoms with E-state index in [1.54, 1.807) is 6.92 Å². The molecule has 2 unspecified atom stereocenters. The molecular weight excluding hydrogens is 164 g/mol. The lowest BCUT2D eigenvalue weighted by Crippen LogP contribution is -2.48. The SMILES string of the molecule is CC1CC(C)CN(C(=O)[C@@H](C)N)C1. The molecule has 3 nitrogen and oxygen atoms in total. The molecule has 76 valence electrons. The van der Waals surface area contributed by atoms with Gasteiger partial charge in [-0.1, -0.05) is 13.8 Å². The molecule has 0 bridgehead atoms. The van der Waals surface area contributed by atoms with Gasteiger partial charge in [-0.2, -0.15) is 0 Å². The number of carbonyl (C=O) groups is 1. The van der Waals surface area contributed by atoms with Gasteiger partial charge in [0.1, 0.15) is 0 Å². The summed E-state index contributed by atoms with van der Waals surface area (Å²) >= 11 is 0. The van der Waals surface area contributed by atoms with Crippen LogP contribution in [-0.4, -0.2) is 29.9 Å². The van der Waals surface area contributed by atoms with E-state index in [1.807, 2.05) is 4.90 Å². The highest BCUT2D eigenvalue weighted by Crippen LogP contribution is 2.21. The van der Waals surface area contributed by atoms with E-state index in [9.17, 15) is 4.79 Å². The highest BCUT2D eigenvalue weighted by atomic mass is 16.2. The molecule has 0 aliphatic carbocycles. The molecule has 1 rings (SSSR count). The predicted molar refractivity (Wildman–Crippen MR) is 53.2 cm³/mol. The zero-order valence-electron chi connectivity index (χ0n) is 8.79. The number of amides is 1. The van der Waals surface area contributed by atoms with Crippen LogP contribution < -0.4 is 5.73 Å². The summed E-state index contributed by atoms with van der Waals surface area (Å²) in [6.07, 6.45) is 1.22. The quantitative estimate of drug-likeness (QED) is 0.656. The number of rotatable bonds is 1. The number of nitrogens with zero attached hydrogens (tertiary/aromatic N) is 1. The second-order valence-electron chi connectivity index (χ2n) is 4.48. The fourth-order valence-electron chi connectivity index (χ4n) is 2.13. The summed E-state index contributed by atoms with van der Waals surface area (Å²) in [7, 11) is 0. The summed E-state index contributed by atoms with van der Waals surface area (Å²) < 4.78 is 0. The summed E-state index contributed by atoms with van der Waals surface area (Å²) in [6.45, 7) is 7.90. The van der Waals surface area contributed by atoms with E-state index in [0.717, 1.165) is 13.1 Å². The van der Waals surface area contributed by atoms with E-state index < -0.39 is 0 Å². The number of nitrogens with two attached hydrogens (primary N) is 1. The molecule has 3 atom stereocenters. The molecule has 0 saturated carbocycles. The summed E-state index contributed by atoms with van der Waals surface area (Å²) in [6, 6.07) is -0.350. The van der Waals surface area contributed by atoms with Crippen LogP contribution in [0.5, 0.6) is 0 Å². The summed E-state index contributed by atoms with van der Waals surface area (Å²) in [4.78, 5) is 13.5. The number of carbonyl (C=O) groups excluding carboxylic acids is 1. The smallest absolute Gasteiger partial charge is 0.239 e. The molecule has 1 saturated heterocycles. The van der Waals surface area contributed by atoms with Gasteiger partial charge in [0.05, 0.1) is 6.04 Å².